The lowest BCUT2D eigenvalue weighted by Gasteiger charge is -2.20. The molecular weight excluding hydrogens is 240 g/mol. The van der Waals surface area contributed by atoms with E-state index in [1.807, 2.05) is 58.0 Å². The van der Waals surface area contributed by atoms with Crippen LogP contribution in [0.2, 0.25) is 0 Å². The molecule has 0 aromatic heterocycles. The van der Waals surface area contributed by atoms with Gasteiger partial charge < -0.3 is 9.47 Å². The highest BCUT2D eigenvalue weighted by molar-refractivity contribution is 5.96. The summed E-state index contributed by atoms with van der Waals surface area (Å²) < 4.78 is 11.0. The van der Waals surface area contributed by atoms with Crippen molar-refractivity contribution in [1.29, 1.82) is 0 Å². The van der Waals surface area contributed by atoms with Gasteiger partial charge in [0, 0.05) is 0 Å². The maximum absolute atomic E-state index is 12.1. The Labute approximate surface area is 115 Å². The van der Waals surface area contributed by atoms with Crippen molar-refractivity contribution in [3.05, 3.63) is 42.0 Å². The van der Waals surface area contributed by atoms with Crippen molar-refractivity contribution in [3.63, 3.8) is 0 Å². The molecule has 0 spiro atoms. The molecule has 3 heteroatoms. The molecule has 0 saturated carbocycles. The fraction of sp³-hybridized carbons (Fsp3) is 0.438. The summed E-state index contributed by atoms with van der Waals surface area (Å²) in [6.45, 7) is 7.52. The van der Waals surface area contributed by atoms with Crippen LogP contribution in [0.25, 0.3) is 6.08 Å². The van der Waals surface area contributed by atoms with Crippen molar-refractivity contribution in [2.45, 2.75) is 46.2 Å². The van der Waals surface area contributed by atoms with Gasteiger partial charge in [-0.05, 0) is 39.3 Å². The quantitative estimate of drug-likeness (QED) is 0.557. The van der Waals surface area contributed by atoms with Crippen LogP contribution in [0.3, 0.4) is 0 Å². The minimum absolute atomic E-state index is 0.0576. The summed E-state index contributed by atoms with van der Waals surface area (Å²) in [5, 5.41) is 0. The van der Waals surface area contributed by atoms with Gasteiger partial charge in [-0.3, -0.25) is 4.79 Å². The van der Waals surface area contributed by atoms with E-state index < -0.39 is 6.29 Å². The summed E-state index contributed by atoms with van der Waals surface area (Å²) >= 11 is 0. The van der Waals surface area contributed by atoms with Crippen LogP contribution in [0, 0.1) is 0 Å². The molecule has 1 aromatic carbocycles. The third kappa shape index (κ3) is 6.32. The SMILES string of the molecule is CC(C)OC(OC(C)C)C(=O)/C=C/c1ccccc1. The van der Waals surface area contributed by atoms with Crippen molar-refractivity contribution in [1.82, 2.24) is 0 Å². The van der Waals surface area contributed by atoms with E-state index in [9.17, 15) is 4.79 Å². The molecule has 0 aliphatic heterocycles. The van der Waals surface area contributed by atoms with Gasteiger partial charge >= 0.3 is 0 Å². The monoisotopic (exact) mass is 262 g/mol. The molecule has 0 radical (unpaired) electrons. The third-order valence-corrected chi connectivity index (χ3v) is 2.26. The van der Waals surface area contributed by atoms with Gasteiger partial charge in [-0.25, -0.2) is 0 Å². The second-order valence-electron chi connectivity index (χ2n) is 4.85. The molecule has 0 atom stereocenters. The molecule has 0 saturated heterocycles. The Morgan fingerprint density at radius 2 is 1.53 bits per heavy atom. The van der Waals surface area contributed by atoms with Gasteiger partial charge in [-0.1, -0.05) is 36.4 Å². The van der Waals surface area contributed by atoms with E-state index in [4.69, 9.17) is 9.47 Å². The zero-order valence-electron chi connectivity index (χ0n) is 12.0. The van der Waals surface area contributed by atoms with Crippen LogP contribution < -0.4 is 0 Å². The number of rotatable bonds is 7. The first kappa shape index (κ1) is 15.6. The largest absolute Gasteiger partial charge is 0.343 e. The average molecular weight is 262 g/mol. The molecular formula is C16H22O3. The van der Waals surface area contributed by atoms with E-state index in [-0.39, 0.29) is 18.0 Å². The average Bonchev–Trinajstić information content (AvgIpc) is 2.35. The lowest BCUT2D eigenvalue weighted by atomic mass is 10.2. The first-order valence-electron chi connectivity index (χ1n) is 6.57. The summed E-state index contributed by atoms with van der Waals surface area (Å²) in [5.74, 6) is -0.175. The lowest BCUT2D eigenvalue weighted by molar-refractivity contribution is -0.185. The molecule has 0 unspecified atom stereocenters. The van der Waals surface area contributed by atoms with Crippen LogP contribution in [-0.2, 0) is 14.3 Å². The summed E-state index contributed by atoms with van der Waals surface area (Å²) in [6, 6.07) is 9.66. The Morgan fingerprint density at radius 1 is 1.00 bits per heavy atom. The van der Waals surface area contributed by atoms with Gasteiger partial charge in [0.25, 0.3) is 0 Å². The topological polar surface area (TPSA) is 35.5 Å². The van der Waals surface area contributed by atoms with Crippen LogP contribution in [0.1, 0.15) is 33.3 Å². The van der Waals surface area contributed by atoms with Crippen molar-refractivity contribution in [2.75, 3.05) is 0 Å². The Bertz CT molecular complexity index is 397. The Hall–Kier alpha value is -1.45. The number of benzene rings is 1. The van der Waals surface area contributed by atoms with Gasteiger partial charge in [0.1, 0.15) is 0 Å². The normalized spacial score (nSPS) is 11.9. The van der Waals surface area contributed by atoms with Crippen molar-refractivity contribution in [3.8, 4) is 0 Å². The fourth-order valence-electron chi connectivity index (χ4n) is 1.48. The zero-order chi connectivity index (χ0) is 14.3. The van der Waals surface area contributed by atoms with Crippen molar-refractivity contribution < 1.29 is 14.3 Å². The number of ether oxygens (including phenoxy) is 2. The fourth-order valence-corrected chi connectivity index (χ4v) is 1.48. The van der Waals surface area contributed by atoms with E-state index in [0.29, 0.717) is 0 Å². The minimum Gasteiger partial charge on any atom is -0.343 e. The summed E-state index contributed by atoms with van der Waals surface area (Å²) in [5.41, 5.74) is 0.976. The molecule has 1 rings (SSSR count). The molecule has 0 bridgehead atoms. The van der Waals surface area contributed by atoms with Crippen molar-refractivity contribution >= 4 is 11.9 Å². The number of hydrogen-bond donors (Lipinski definition) is 0. The molecule has 1 aromatic rings. The molecule has 19 heavy (non-hydrogen) atoms. The minimum atomic E-state index is -0.833. The summed E-state index contributed by atoms with van der Waals surface area (Å²) in [4.78, 5) is 12.1. The number of hydrogen-bond acceptors (Lipinski definition) is 3. The lowest BCUT2D eigenvalue weighted by Crippen LogP contribution is -2.31. The first-order chi connectivity index (χ1) is 8.99. The molecule has 0 fully saturated rings. The molecule has 0 amide bonds. The van der Waals surface area contributed by atoms with Gasteiger partial charge in [0.15, 0.2) is 0 Å². The highest BCUT2D eigenvalue weighted by Crippen LogP contribution is 2.08. The molecule has 0 N–H and O–H groups in total. The Kier molecular flexibility index (Phi) is 6.46. The van der Waals surface area contributed by atoms with Gasteiger partial charge in [-0.15, -0.1) is 0 Å². The second kappa shape index (κ2) is 7.87. The van der Waals surface area contributed by atoms with Crippen LogP contribution in [0.4, 0.5) is 0 Å². The number of ketones is 1. The molecule has 104 valence electrons. The first-order valence-corrected chi connectivity index (χ1v) is 6.57. The van der Waals surface area contributed by atoms with E-state index in [0.717, 1.165) is 5.56 Å². The molecule has 0 aliphatic carbocycles. The van der Waals surface area contributed by atoms with Gasteiger partial charge in [-0.2, -0.15) is 0 Å². The van der Waals surface area contributed by atoms with E-state index >= 15 is 0 Å². The van der Waals surface area contributed by atoms with Gasteiger partial charge in [0.2, 0.25) is 12.1 Å². The zero-order valence-corrected chi connectivity index (χ0v) is 12.0. The summed E-state index contributed by atoms with van der Waals surface area (Å²) in [6.07, 6.45) is 2.32. The van der Waals surface area contributed by atoms with E-state index in [1.165, 1.54) is 6.08 Å². The highest BCUT2D eigenvalue weighted by atomic mass is 16.7. The maximum atomic E-state index is 12.1. The number of carbonyl (C=O) groups excluding carboxylic acids is 1. The third-order valence-electron chi connectivity index (χ3n) is 2.26. The van der Waals surface area contributed by atoms with E-state index in [1.54, 1.807) is 6.08 Å². The molecule has 0 heterocycles. The second-order valence-corrected chi connectivity index (χ2v) is 4.85. The maximum Gasteiger partial charge on any atom is 0.222 e. The van der Waals surface area contributed by atoms with Crippen LogP contribution in [0.5, 0.6) is 0 Å². The van der Waals surface area contributed by atoms with Crippen LogP contribution in [-0.4, -0.2) is 24.3 Å². The van der Waals surface area contributed by atoms with Crippen LogP contribution in [0.15, 0.2) is 36.4 Å². The highest BCUT2D eigenvalue weighted by Gasteiger charge is 2.20. The number of carbonyl (C=O) groups is 1. The predicted molar refractivity (Wildman–Crippen MR) is 76.7 cm³/mol. The predicted octanol–water partition coefficient (Wildman–Crippen LogP) is 3.45. The van der Waals surface area contributed by atoms with E-state index in [2.05, 4.69) is 0 Å². The summed E-state index contributed by atoms with van der Waals surface area (Å²) in [7, 11) is 0. The Balaban J connectivity index is 2.68. The standard InChI is InChI=1S/C16H22O3/c1-12(2)18-16(19-13(3)4)15(17)11-10-14-8-6-5-7-9-14/h5-13,16H,1-4H3/b11-10+. The molecule has 0 aliphatic rings. The van der Waals surface area contributed by atoms with Gasteiger partial charge in [0.05, 0.1) is 12.2 Å². The van der Waals surface area contributed by atoms with Crippen LogP contribution >= 0.6 is 0 Å². The van der Waals surface area contributed by atoms with Crippen molar-refractivity contribution in [2.24, 2.45) is 0 Å². The smallest absolute Gasteiger partial charge is 0.222 e. The Morgan fingerprint density at radius 3 is 2.00 bits per heavy atom. The molecule has 3 nitrogen and oxygen atoms in total.